The summed E-state index contributed by atoms with van der Waals surface area (Å²) in [6.45, 7) is 5.95. The minimum atomic E-state index is -3.76. The summed E-state index contributed by atoms with van der Waals surface area (Å²) in [5.41, 5.74) is 1.00. The first kappa shape index (κ1) is 19.4. The maximum Gasteiger partial charge on any atom is 0.256 e. The third-order valence-corrected chi connectivity index (χ3v) is 6.29. The summed E-state index contributed by atoms with van der Waals surface area (Å²) < 4.78 is 26.7. The van der Waals surface area contributed by atoms with Gasteiger partial charge >= 0.3 is 0 Å². The van der Waals surface area contributed by atoms with Crippen molar-refractivity contribution in [2.75, 3.05) is 18.4 Å². The van der Waals surface area contributed by atoms with Crippen molar-refractivity contribution in [1.29, 1.82) is 0 Å². The van der Waals surface area contributed by atoms with Crippen molar-refractivity contribution >= 4 is 33.3 Å². The van der Waals surface area contributed by atoms with E-state index in [0.29, 0.717) is 18.9 Å². The lowest BCUT2D eigenvalue weighted by molar-refractivity contribution is 0.102. The summed E-state index contributed by atoms with van der Waals surface area (Å²) in [6.07, 6.45) is 1.57. The topological polar surface area (TPSA) is 79.4 Å². The summed E-state index contributed by atoms with van der Waals surface area (Å²) in [6, 6.07) is 7.78. The van der Waals surface area contributed by atoms with Gasteiger partial charge in [0, 0.05) is 24.8 Å². The van der Waals surface area contributed by atoms with Gasteiger partial charge in [-0.05, 0) is 36.8 Å². The first-order chi connectivity index (χ1) is 11.8. The van der Waals surface area contributed by atoms with Crippen LogP contribution in [0.15, 0.2) is 41.4 Å². The molecule has 1 aromatic carbocycles. The number of carbonyl (C=O) groups excluding carboxylic acids is 1. The smallest absolute Gasteiger partial charge is 0.256 e. The molecule has 1 N–H and O–H groups in total. The minimum absolute atomic E-state index is 0.0803. The van der Waals surface area contributed by atoms with Crippen molar-refractivity contribution in [2.45, 2.75) is 25.7 Å². The van der Waals surface area contributed by atoms with E-state index in [1.807, 2.05) is 13.0 Å². The van der Waals surface area contributed by atoms with E-state index in [4.69, 9.17) is 11.6 Å². The summed E-state index contributed by atoms with van der Waals surface area (Å²) in [7, 11) is -3.76. The molecule has 1 amide bonds. The maximum absolute atomic E-state index is 12.7. The Balaban J connectivity index is 2.39. The molecule has 8 heteroatoms. The van der Waals surface area contributed by atoms with Crippen LogP contribution in [0.25, 0.3) is 0 Å². The van der Waals surface area contributed by atoms with Crippen LogP contribution in [0.3, 0.4) is 0 Å². The average molecular weight is 382 g/mol. The predicted molar refractivity (Wildman–Crippen MR) is 98.5 cm³/mol. The molecule has 2 aromatic rings. The zero-order chi connectivity index (χ0) is 18.6. The number of nitrogens with zero attached hydrogens (tertiary/aromatic N) is 2. The number of hydrogen-bond donors (Lipinski definition) is 1. The lowest BCUT2D eigenvalue weighted by Crippen LogP contribution is -2.31. The van der Waals surface area contributed by atoms with E-state index in [1.54, 1.807) is 26.1 Å². The number of anilines is 1. The molecule has 0 saturated carbocycles. The molecule has 0 atom stereocenters. The molecule has 134 valence electrons. The van der Waals surface area contributed by atoms with Crippen LogP contribution in [-0.4, -0.2) is 36.7 Å². The zero-order valence-electron chi connectivity index (χ0n) is 14.3. The molecular weight excluding hydrogens is 362 g/mol. The van der Waals surface area contributed by atoms with E-state index in [1.165, 1.54) is 22.5 Å². The fourth-order valence-electron chi connectivity index (χ4n) is 2.34. The summed E-state index contributed by atoms with van der Waals surface area (Å²) >= 11 is 6.08. The second-order valence-corrected chi connectivity index (χ2v) is 7.67. The Morgan fingerprint density at radius 1 is 1.24 bits per heavy atom. The predicted octanol–water partition coefficient (Wildman–Crippen LogP) is 3.33. The van der Waals surface area contributed by atoms with Crippen molar-refractivity contribution in [3.63, 3.8) is 0 Å². The number of halogens is 1. The van der Waals surface area contributed by atoms with Gasteiger partial charge in [-0.2, -0.15) is 4.31 Å². The molecule has 1 aromatic heterocycles. The Morgan fingerprint density at radius 2 is 1.92 bits per heavy atom. The maximum atomic E-state index is 12.7. The van der Waals surface area contributed by atoms with Gasteiger partial charge in [-0.15, -0.1) is 0 Å². The largest absolute Gasteiger partial charge is 0.306 e. The van der Waals surface area contributed by atoms with Crippen molar-refractivity contribution in [3.05, 3.63) is 52.7 Å². The van der Waals surface area contributed by atoms with Gasteiger partial charge in [-0.1, -0.05) is 31.5 Å². The third-order valence-electron chi connectivity index (χ3n) is 3.76. The minimum Gasteiger partial charge on any atom is -0.306 e. The van der Waals surface area contributed by atoms with Crippen LogP contribution in [0.5, 0.6) is 0 Å². The fourth-order valence-corrected chi connectivity index (χ4v) is 4.30. The molecule has 0 spiro atoms. The van der Waals surface area contributed by atoms with E-state index >= 15 is 0 Å². The van der Waals surface area contributed by atoms with Crippen molar-refractivity contribution in [3.8, 4) is 0 Å². The Hall–Kier alpha value is -1.96. The Morgan fingerprint density at radius 3 is 2.52 bits per heavy atom. The van der Waals surface area contributed by atoms with E-state index in [9.17, 15) is 13.2 Å². The lowest BCUT2D eigenvalue weighted by Gasteiger charge is -2.19. The standard InChI is InChI=1S/C17H20ClN3O3S/c1-4-21(5-2)25(23,24)15-11-13(8-9-14(15)18)17(22)20-16-12(3)7-6-10-19-16/h6-11H,4-5H2,1-3H3,(H,19,20,22). The van der Waals surface area contributed by atoms with Crippen LogP contribution in [-0.2, 0) is 10.0 Å². The average Bonchev–Trinajstić information content (AvgIpc) is 2.58. The van der Waals surface area contributed by atoms with Crippen molar-refractivity contribution in [2.24, 2.45) is 0 Å². The van der Waals surface area contributed by atoms with E-state index in [2.05, 4.69) is 10.3 Å². The van der Waals surface area contributed by atoms with Crippen molar-refractivity contribution in [1.82, 2.24) is 9.29 Å². The number of carbonyl (C=O) groups is 1. The monoisotopic (exact) mass is 381 g/mol. The van der Waals surface area contributed by atoms with Crippen LogP contribution < -0.4 is 5.32 Å². The van der Waals surface area contributed by atoms with Gasteiger partial charge in [0.25, 0.3) is 5.91 Å². The summed E-state index contributed by atoms with van der Waals surface area (Å²) in [4.78, 5) is 16.5. The van der Waals surface area contributed by atoms with Crippen LogP contribution >= 0.6 is 11.6 Å². The molecule has 0 unspecified atom stereocenters. The number of nitrogens with one attached hydrogen (secondary N) is 1. The van der Waals surface area contributed by atoms with E-state index in [0.717, 1.165) is 5.56 Å². The molecule has 0 aliphatic heterocycles. The number of pyridine rings is 1. The molecule has 0 radical (unpaired) electrons. The third kappa shape index (κ3) is 4.18. The number of aromatic nitrogens is 1. The molecule has 2 rings (SSSR count). The van der Waals surface area contributed by atoms with E-state index < -0.39 is 15.9 Å². The number of hydrogen-bond acceptors (Lipinski definition) is 4. The normalized spacial score (nSPS) is 11.6. The molecule has 1 heterocycles. The molecule has 0 fully saturated rings. The van der Waals surface area contributed by atoms with Crippen LogP contribution in [0.2, 0.25) is 5.02 Å². The second-order valence-electron chi connectivity index (χ2n) is 5.36. The SMILES string of the molecule is CCN(CC)S(=O)(=O)c1cc(C(=O)Nc2ncccc2C)ccc1Cl. The molecule has 6 nitrogen and oxygen atoms in total. The first-order valence-corrected chi connectivity index (χ1v) is 9.65. The molecule has 0 aliphatic rings. The molecule has 0 aliphatic carbocycles. The Bertz CT molecular complexity index is 880. The van der Waals surface area contributed by atoms with Crippen LogP contribution in [0.4, 0.5) is 5.82 Å². The summed E-state index contributed by atoms with van der Waals surface area (Å²) in [5.74, 6) is -0.0231. The highest BCUT2D eigenvalue weighted by Gasteiger charge is 2.25. The summed E-state index contributed by atoms with van der Waals surface area (Å²) in [5, 5.41) is 2.76. The van der Waals surface area contributed by atoms with Gasteiger partial charge in [0.1, 0.15) is 10.7 Å². The number of sulfonamides is 1. The van der Waals surface area contributed by atoms with Crippen molar-refractivity contribution < 1.29 is 13.2 Å². The highest BCUT2D eigenvalue weighted by Crippen LogP contribution is 2.26. The van der Waals surface area contributed by atoms with Gasteiger partial charge in [0.15, 0.2) is 0 Å². The molecule has 0 saturated heterocycles. The van der Waals surface area contributed by atoms with E-state index in [-0.39, 0.29) is 15.5 Å². The van der Waals surface area contributed by atoms with Gasteiger partial charge in [-0.3, -0.25) is 4.79 Å². The quantitative estimate of drug-likeness (QED) is 0.832. The molecule has 25 heavy (non-hydrogen) atoms. The van der Waals surface area contributed by atoms with Gasteiger partial charge in [-0.25, -0.2) is 13.4 Å². The van der Waals surface area contributed by atoms with Crippen LogP contribution in [0, 0.1) is 6.92 Å². The first-order valence-electron chi connectivity index (χ1n) is 7.83. The fraction of sp³-hybridized carbons (Fsp3) is 0.294. The molecular formula is C17H20ClN3O3S. The second kappa shape index (κ2) is 7.95. The Kier molecular flexibility index (Phi) is 6.16. The highest BCUT2D eigenvalue weighted by molar-refractivity contribution is 7.89. The van der Waals surface area contributed by atoms with Gasteiger partial charge in [0.05, 0.1) is 5.02 Å². The van der Waals surface area contributed by atoms with Gasteiger partial charge in [0.2, 0.25) is 10.0 Å². The number of amides is 1. The zero-order valence-corrected chi connectivity index (χ0v) is 15.9. The van der Waals surface area contributed by atoms with Crippen LogP contribution in [0.1, 0.15) is 29.8 Å². The van der Waals surface area contributed by atoms with Gasteiger partial charge < -0.3 is 5.32 Å². The Labute approximate surface area is 152 Å². The number of benzene rings is 1. The lowest BCUT2D eigenvalue weighted by atomic mass is 10.2. The highest BCUT2D eigenvalue weighted by atomic mass is 35.5. The molecule has 0 bridgehead atoms. The number of rotatable bonds is 6. The number of aryl methyl sites for hydroxylation is 1.